The highest BCUT2D eigenvalue weighted by atomic mass is 16.5. The Morgan fingerprint density at radius 3 is 2.46 bits per heavy atom. The van der Waals surface area contributed by atoms with Gasteiger partial charge in [-0.2, -0.15) is 4.98 Å². The number of hydrogen-bond donors (Lipinski definition) is 0. The monoisotopic (exact) mass is 506 g/mol. The summed E-state index contributed by atoms with van der Waals surface area (Å²) >= 11 is 0. The summed E-state index contributed by atoms with van der Waals surface area (Å²) in [6, 6.07) is 9.19. The van der Waals surface area contributed by atoms with E-state index in [-0.39, 0.29) is 30.4 Å². The number of carbonyl (C=O) groups excluding carboxylic acids is 3. The summed E-state index contributed by atoms with van der Waals surface area (Å²) in [5.74, 6) is 0.769. The van der Waals surface area contributed by atoms with E-state index in [9.17, 15) is 14.4 Å². The van der Waals surface area contributed by atoms with E-state index < -0.39 is 6.04 Å². The van der Waals surface area contributed by atoms with Crippen molar-refractivity contribution in [1.29, 1.82) is 0 Å². The zero-order chi connectivity index (χ0) is 26.1. The number of fused-ring (bicyclic) bond motifs is 1. The third-order valence-corrected chi connectivity index (χ3v) is 7.42. The van der Waals surface area contributed by atoms with Crippen molar-refractivity contribution in [3.63, 3.8) is 0 Å². The first-order valence-electron chi connectivity index (χ1n) is 13.0. The maximum atomic E-state index is 13.3. The van der Waals surface area contributed by atoms with Gasteiger partial charge in [0.15, 0.2) is 0 Å². The van der Waals surface area contributed by atoms with Crippen LogP contribution in [-0.4, -0.2) is 82.4 Å². The Kier molecular flexibility index (Phi) is 6.99. The number of ether oxygens (including phenoxy) is 1. The normalized spacial score (nSPS) is 19.6. The van der Waals surface area contributed by atoms with Gasteiger partial charge < -0.3 is 24.3 Å². The first-order chi connectivity index (χ1) is 17.8. The summed E-state index contributed by atoms with van der Waals surface area (Å²) in [4.78, 5) is 55.6. The molecule has 5 rings (SSSR count). The average molecular weight is 507 g/mol. The number of carbonyl (C=O) groups is 3. The molecule has 3 aliphatic heterocycles. The van der Waals surface area contributed by atoms with Crippen LogP contribution in [0.1, 0.15) is 55.2 Å². The van der Waals surface area contributed by atoms with Crippen LogP contribution in [0.4, 0.5) is 11.8 Å². The van der Waals surface area contributed by atoms with Gasteiger partial charge >= 0.3 is 5.97 Å². The lowest BCUT2D eigenvalue weighted by molar-refractivity contribution is -0.146. The number of nitrogens with zero attached hydrogens (tertiary/aromatic N) is 6. The Labute approximate surface area is 217 Å². The highest BCUT2D eigenvalue weighted by molar-refractivity contribution is 5.98. The summed E-state index contributed by atoms with van der Waals surface area (Å²) in [6.07, 6.45) is 1.50. The molecular formula is C27H34N6O4. The fourth-order valence-corrected chi connectivity index (χ4v) is 5.27. The maximum absolute atomic E-state index is 13.3. The van der Waals surface area contributed by atoms with Crippen molar-refractivity contribution in [2.24, 2.45) is 0 Å². The van der Waals surface area contributed by atoms with Crippen molar-refractivity contribution in [3.8, 4) is 0 Å². The number of piperazine rings is 1. The van der Waals surface area contributed by atoms with Gasteiger partial charge in [-0.15, -0.1) is 0 Å². The van der Waals surface area contributed by atoms with E-state index in [1.165, 1.54) is 0 Å². The molecule has 10 heteroatoms. The number of anilines is 2. The number of rotatable bonds is 6. The predicted molar refractivity (Wildman–Crippen MR) is 138 cm³/mol. The highest BCUT2D eigenvalue weighted by Gasteiger charge is 2.40. The topological polar surface area (TPSA) is 99.2 Å². The molecule has 1 aromatic heterocycles. The van der Waals surface area contributed by atoms with Crippen molar-refractivity contribution in [2.75, 3.05) is 42.5 Å². The molecule has 0 spiro atoms. The lowest BCUT2D eigenvalue weighted by atomic mass is 10.2. The van der Waals surface area contributed by atoms with Crippen molar-refractivity contribution in [1.82, 2.24) is 19.8 Å². The summed E-state index contributed by atoms with van der Waals surface area (Å²) < 4.78 is 5.70. The lowest BCUT2D eigenvalue weighted by Crippen LogP contribution is -2.49. The minimum atomic E-state index is -0.465. The van der Waals surface area contributed by atoms with Gasteiger partial charge in [-0.25, -0.2) is 9.78 Å². The van der Waals surface area contributed by atoms with Gasteiger partial charge in [-0.05, 0) is 32.3 Å². The first-order valence-corrected chi connectivity index (χ1v) is 13.0. The molecule has 0 unspecified atom stereocenters. The van der Waals surface area contributed by atoms with E-state index in [0.29, 0.717) is 63.1 Å². The average Bonchev–Trinajstić information content (AvgIpc) is 3.53. The molecular weight excluding hydrogens is 472 g/mol. The van der Waals surface area contributed by atoms with Crippen LogP contribution in [0, 0.1) is 0 Å². The van der Waals surface area contributed by atoms with Crippen LogP contribution in [-0.2, 0) is 27.5 Å². The number of hydrogen-bond acceptors (Lipinski definition) is 8. The van der Waals surface area contributed by atoms with Crippen molar-refractivity contribution >= 4 is 29.5 Å². The van der Waals surface area contributed by atoms with Gasteiger partial charge in [0.05, 0.1) is 6.54 Å². The van der Waals surface area contributed by atoms with Crippen molar-refractivity contribution < 1.29 is 19.1 Å². The van der Waals surface area contributed by atoms with Gasteiger partial charge in [-0.3, -0.25) is 9.59 Å². The molecule has 0 radical (unpaired) electrons. The van der Waals surface area contributed by atoms with Crippen LogP contribution in [0.5, 0.6) is 0 Å². The fourth-order valence-electron chi connectivity index (χ4n) is 5.27. The predicted octanol–water partition coefficient (Wildman–Crippen LogP) is 2.22. The van der Waals surface area contributed by atoms with Crippen LogP contribution in [0.15, 0.2) is 30.3 Å². The van der Waals surface area contributed by atoms with E-state index >= 15 is 0 Å². The smallest absolute Gasteiger partial charge is 0.329 e. The fraction of sp³-hybridized carbons (Fsp3) is 0.519. The molecule has 2 aromatic rings. The van der Waals surface area contributed by atoms with Crippen molar-refractivity contribution in [3.05, 3.63) is 47.2 Å². The van der Waals surface area contributed by atoms with E-state index in [4.69, 9.17) is 14.7 Å². The minimum absolute atomic E-state index is 0.0160. The largest absolute Gasteiger partial charge is 0.459 e. The highest BCUT2D eigenvalue weighted by Crippen LogP contribution is 2.36. The quantitative estimate of drug-likeness (QED) is 0.550. The molecule has 0 N–H and O–H groups in total. The Hall–Kier alpha value is -3.69. The minimum Gasteiger partial charge on any atom is -0.459 e. The summed E-state index contributed by atoms with van der Waals surface area (Å²) in [6.45, 7) is 9.16. The van der Waals surface area contributed by atoms with E-state index in [1.807, 2.05) is 54.0 Å². The second-order valence-corrected chi connectivity index (χ2v) is 10.1. The zero-order valence-corrected chi connectivity index (χ0v) is 21.7. The number of benzene rings is 1. The zero-order valence-electron chi connectivity index (χ0n) is 21.7. The van der Waals surface area contributed by atoms with E-state index in [0.717, 1.165) is 17.5 Å². The summed E-state index contributed by atoms with van der Waals surface area (Å²) in [7, 11) is 0. The lowest BCUT2D eigenvalue weighted by Gasteiger charge is -2.35. The van der Waals surface area contributed by atoms with Crippen LogP contribution < -0.4 is 9.80 Å². The molecule has 1 atom stereocenters. The molecule has 2 fully saturated rings. The third-order valence-electron chi connectivity index (χ3n) is 7.42. The SMILES string of the molecule is CC(=O)N1CCN(c2nc3c(c(N4CCC[C@@H]4C(=O)OCc4ccccc4)n2)CN(C(C)C)C3=O)CC1. The summed E-state index contributed by atoms with van der Waals surface area (Å²) in [5.41, 5.74) is 2.12. The molecule has 4 heterocycles. The number of esters is 1. The first kappa shape index (κ1) is 25.0. The Morgan fingerprint density at radius 1 is 1.05 bits per heavy atom. The summed E-state index contributed by atoms with van der Waals surface area (Å²) in [5, 5.41) is 0. The molecule has 1 aromatic carbocycles. The molecule has 0 aliphatic carbocycles. The number of amides is 2. The van der Waals surface area contributed by atoms with Crippen molar-refractivity contribution in [2.45, 2.75) is 58.8 Å². The molecule has 2 amide bonds. The van der Waals surface area contributed by atoms with Gasteiger partial charge in [0.25, 0.3) is 5.91 Å². The van der Waals surface area contributed by atoms with Crippen LogP contribution in [0.25, 0.3) is 0 Å². The Bertz CT molecular complexity index is 1180. The molecule has 10 nitrogen and oxygen atoms in total. The van der Waals surface area contributed by atoms with Gasteiger partial charge in [0, 0.05) is 51.3 Å². The van der Waals surface area contributed by atoms with Gasteiger partial charge in [-0.1, -0.05) is 30.3 Å². The van der Waals surface area contributed by atoms with Crippen LogP contribution in [0.3, 0.4) is 0 Å². The maximum Gasteiger partial charge on any atom is 0.329 e. The van der Waals surface area contributed by atoms with Gasteiger partial charge in [0.2, 0.25) is 11.9 Å². The molecule has 196 valence electrons. The van der Waals surface area contributed by atoms with E-state index in [2.05, 4.69) is 0 Å². The second kappa shape index (κ2) is 10.4. The Morgan fingerprint density at radius 2 is 1.78 bits per heavy atom. The Balaban J connectivity index is 1.43. The molecule has 0 saturated carbocycles. The second-order valence-electron chi connectivity index (χ2n) is 10.1. The van der Waals surface area contributed by atoms with Crippen LogP contribution in [0.2, 0.25) is 0 Å². The standard InChI is InChI=1S/C27H34N6O4/c1-18(2)33-16-21-23(25(33)35)28-27(31-14-12-30(13-15-31)19(3)34)29-24(21)32-11-7-10-22(32)26(36)37-17-20-8-5-4-6-9-20/h4-6,8-9,18,22H,7,10-17H2,1-3H3/t22-/m1/s1. The van der Waals surface area contributed by atoms with E-state index in [1.54, 1.807) is 16.7 Å². The van der Waals surface area contributed by atoms with Gasteiger partial charge in [0.1, 0.15) is 24.2 Å². The molecule has 0 bridgehead atoms. The molecule has 3 aliphatic rings. The molecule has 37 heavy (non-hydrogen) atoms. The van der Waals surface area contributed by atoms with Crippen LogP contribution >= 0.6 is 0 Å². The molecule has 2 saturated heterocycles. The number of aromatic nitrogens is 2. The third kappa shape index (κ3) is 4.97.